The first kappa shape index (κ1) is 35.1. The van der Waals surface area contributed by atoms with Gasteiger partial charge in [0.1, 0.15) is 5.60 Å². The van der Waals surface area contributed by atoms with Gasteiger partial charge in [0.05, 0.1) is 29.9 Å². The second-order valence-corrected chi connectivity index (χ2v) is 9.86. The lowest BCUT2D eigenvalue weighted by Gasteiger charge is -2.17. The molecule has 1 atom stereocenters. The summed E-state index contributed by atoms with van der Waals surface area (Å²) in [6.07, 6.45) is 4.45. The van der Waals surface area contributed by atoms with Gasteiger partial charge in [0, 0.05) is 24.8 Å². The Morgan fingerprint density at radius 2 is 1.73 bits per heavy atom. The van der Waals surface area contributed by atoms with E-state index in [9.17, 15) is 27.2 Å². The third-order valence-electron chi connectivity index (χ3n) is 5.47. The number of hydrogen-bond donors (Lipinski definition) is 1. The van der Waals surface area contributed by atoms with Crippen LogP contribution in [-0.2, 0) is 27.3 Å². The van der Waals surface area contributed by atoms with Gasteiger partial charge in [-0.2, -0.15) is 19.1 Å². The molecule has 1 unspecified atom stereocenters. The van der Waals surface area contributed by atoms with Gasteiger partial charge in [0.15, 0.2) is 0 Å². The quantitative estimate of drug-likeness (QED) is 0.237. The molecule has 224 valence electrons. The van der Waals surface area contributed by atoms with E-state index in [1.807, 2.05) is 38.1 Å². The molecule has 1 aliphatic carbocycles. The van der Waals surface area contributed by atoms with Gasteiger partial charge in [-0.15, -0.1) is 0 Å². The van der Waals surface area contributed by atoms with Crippen LogP contribution in [0.25, 0.3) is 10.9 Å². The van der Waals surface area contributed by atoms with Crippen LogP contribution in [0.5, 0.6) is 0 Å². The van der Waals surface area contributed by atoms with Crippen molar-refractivity contribution in [3.05, 3.63) is 65.9 Å². The minimum atomic E-state index is -3.40. The van der Waals surface area contributed by atoms with Gasteiger partial charge in [0.25, 0.3) is 12.4 Å². The third-order valence-corrected chi connectivity index (χ3v) is 5.47. The molecule has 41 heavy (non-hydrogen) atoms. The minimum Gasteiger partial charge on any atom is -0.461 e. The first-order chi connectivity index (χ1) is 19.2. The molecule has 0 bridgehead atoms. The van der Waals surface area contributed by atoms with E-state index in [0.29, 0.717) is 19.0 Å². The molecular weight excluding hydrogens is 540 g/mol. The third kappa shape index (κ3) is 13.3. The van der Waals surface area contributed by atoms with Gasteiger partial charge in [-0.05, 0) is 57.4 Å². The lowest BCUT2D eigenvalue weighted by molar-refractivity contribution is -0.143. The first-order valence-electron chi connectivity index (χ1n) is 13.2. The molecule has 11 heteroatoms. The van der Waals surface area contributed by atoms with Gasteiger partial charge in [-0.3, -0.25) is 14.3 Å². The molecule has 4 rings (SSSR count). The Balaban J connectivity index is 0.000000356. The molecule has 1 heterocycles. The van der Waals surface area contributed by atoms with E-state index in [-0.39, 0.29) is 12.1 Å². The fourth-order valence-corrected chi connectivity index (χ4v) is 3.50. The monoisotopic (exact) mass is 578 g/mol. The SMILES string of the molecule is CC.CC(C)(F)F.CC(Cn1ncc2cc(C#N)ccc21)NC(=O)C(C)(F)F.O=COC1(Cc2ccccc2)CC1. The molecule has 1 amide bonds. The summed E-state index contributed by atoms with van der Waals surface area (Å²) < 4.78 is 54.4. The summed E-state index contributed by atoms with van der Waals surface area (Å²) in [6.45, 7) is 8.72. The Labute approximate surface area is 238 Å². The van der Waals surface area contributed by atoms with Crippen LogP contribution in [0.15, 0.2) is 54.7 Å². The number of nitrogens with one attached hydrogen (secondary N) is 1. The highest BCUT2D eigenvalue weighted by molar-refractivity contribution is 5.83. The van der Waals surface area contributed by atoms with Crippen molar-refractivity contribution in [2.75, 3.05) is 0 Å². The Kier molecular flexibility index (Phi) is 13.5. The molecule has 1 fully saturated rings. The summed E-state index contributed by atoms with van der Waals surface area (Å²) in [5.74, 6) is -7.21. The number of alkyl halides is 4. The molecule has 0 radical (unpaired) electrons. The van der Waals surface area contributed by atoms with E-state index < -0.39 is 23.8 Å². The van der Waals surface area contributed by atoms with Crippen molar-refractivity contribution in [2.24, 2.45) is 0 Å². The summed E-state index contributed by atoms with van der Waals surface area (Å²) in [6, 6.07) is 16.8. The summed E-state index contributed by atoms with van der Waals surface area (Å²) >= 11 is 0. The summed E-state index contributed by atoms with van der Waals surface area (Å²) in [7, 11) is 0. The van der Waals surface area contributed by atoms with Crippen molar-refractivity contribution in [2.45, 2.75) is 90.8 Å². The van der Waals surface area contributed by atoms with Gasteiger partial charge in [-0.25, -0.2) is 8.78 Å². The first-order valence-corrected chi connectivity index (χ1v) is 13.2. The molecule has 1 aliphatic rings. The molecule has 1 aromatic heterocycles. The zero-order chi connectivity index (χ0) is 31.3. The fourth-order valence-electron chi connectivity index (χ4n) is 3.50. The van der Waals surface area contributed by atoms with Crippen LogP contribution < -0.4 is 5.32 Å². The van der Waals surface area contributed by atoms with Gasteiger partial charge in [0.2, 0.25) is 5.92 Å². The maximum absolute atomic E-state index is 12.8. The van der Waals surface area contributed by atoms with E-state index >= 15 is 0 Å². The van der Waals surface area contributed by atoms with Crippen molar-refractivity contribution >= 4 is 23.3 Å². The Morgan fingerprint density at radius 1 is 1.15 bits per heavy atom. The van der Waals surface area contributed by atoms with Crippen molar-refractivity contribution in [1.29, 1.82) is 5.26 Å². The number of halogens is 4. The molecule has 3 aromatic rings. The van der Waals surface area contributed by atoms with Crippen LogP contribution >= 0.6 is 0 Å². The molecule has 1 N–H and O–H groups in total. The predicted octanol–water partition coefficient (Wildman–Crippen LogP) is 6.69. The van der Waals surface area contributed by atoms with Crippen molar-refractivity contribution in [3.8, 4) is 6.07 Å². The molecule has 0 spiro atoms. The number of carbonyl (C=O) groups is 2. The zero-order valence-electron chi connectivity index (χ0n) is 24.3. The fraction of sp³-hybridized carbons (Fsp3) is 0.467. The van der Waals surface area contributed by atoms with Crippen molar-refractivity contribution in [1.82, 2.24) is 15.1 Å². The number of amides is 1. The van der Waals surface area contributed by atoms with E-state index in [1.165, 1.54) is 5.56 Å². The normalized spacial score (nSPS) is 13.9. The maximum atomic E-state index is 12.8. The number of nitrogens with zero attached hydrogens (tertiary/aromatic N) is 3. The second-order valence-electron chi connectivity index (χ2n) is 9.86. The summed E-state index contributed by atoms with van der Waals surface area (Å²) in [5, 5.41) is 16.0. The number of fused-ring (bicyclic) bond motifs is 1. The smallest absolute Gasteiger partial charge is 0.321 e. The highest BCUT2D eigenvalue weighted by atomic mass is 19.3. The molecule has 1 saturated carbocycles. The van der Waals surface area contributed by atoms with Crippen LogP contribution in [0.4, 0.5) is 17.6 Å². The number of rotatable bonds is 8. The highest BCUT2D eigenvalue weighted by Crippen LogP contribution is 2.41. The summed E-state index contributed by atoms with van der Waals surface area (Å²) in [4.78, 5) is 21.5. The maximum Gasteiger partial charge on any atom is 0.321 e. The number of aromatic nitrogens is 2. The molecule has 0 saturated heterocycles. The van der Waals surface area contributed by atoms with Crippen molar-refractivity contribution in [3.63, 3.8) is 0 Å². The van der Waals surface area contributed by atoms with Gasteiger partial charge in [-0.1, -0.05) is 44.2 Å². The van der Waals surface area contributed by atoms with Gasteiger partial charge < -0.3 is 10.1 Å². The zero-order valence-corrected chi connectivity index (χ0v) is 24.3. The average molecular weight is 579 g/mol. The lowest BCUT2D eigenvalue weighted by Crippen LogP contribution is -2.44. The van der Waals surface area contributed by atoms with Crippen LogP contribution in [0, 0.1) is 11.3 Å². The van der Waals surface area contributed by atoms with E-state index in [0.717, 1.165) is 44.0 Å². The van der Waals surface area contributed by atoms with E-state index in [2.05, 4.69) is 22.5 Å². The lowest BCUT2D eigenvalue weighted by atomic mass is 10.1. The molecule has 2 aromatic carbocycles. The van der Waals surface area contributed by atoms with Crippen LogP contribution in [0.2, 0.25) is 0 Å². The number of nitriles is 1. The Morgan fingerprint density at radius 3 is 2.22 bits per heavy atom. The highest BCUT2D eigenvalue weighted by Gasteiger charge is 2.45. The minimum absolute atomic E-state index is 0.164. The van der Waals surface area contributed by atoms with Crippen LogP contribution in [0.3, 0.4) is 0 Å². The number of carbonyl (C=O) groups excluding carboxylic acids is 2. The Bertz CT molecular complexity index is 1270. The predicted molar refractivity (Wildman–Crippen MR) is 150 cm³/mol. The number of ether oxygens (including phenoxy) is 1. The molecular formula is C30H38F4N4O3. The van der Waals surface area contributed by atoms with E-state index in [1.54, 1.807) is 36.0 Å². The van der Waals surface area contributed by atoms with Gasteiger partial charge >= 0.3 is 5.92 Å². The molecule has 7 nitrogen and oxygen atoms in total. The largest absolute Gasteiger partial charge is 0.461 e. The second kappa shape index (κ2) is 15.7. The standard InChI is InChI=1S/C14H14F2N4O.C11H12O2.C3H6F2.C2H6/c1-9(19-13(21)14(2,15)16)8-20-12-4-3-10(6-17)5-11(12)7-18-20;12-9-13-11(6-7-11)8-10-4-2-1-3-5-10;1-3(2,4)5;1-2/h3-5,7,9H,8H2,1-2H3,(H,19,21);1-5,9H,6-8H2;1-2H3;1-2H3. The number of benzene rings is 2. The summed E-state index contributed by atoms with van der Waals surface area (Å²) in [5.41, 5.74) is 2.37. The average Bonchev–Trinajstić information content (AvgIpc) is 3.54. The topological polar surface area (TPSA) is 97.0 Å². The van der Waals surface area contributed by atoms with E-state index in [4.69, 9.17) is 10.00 Å². The Hall–Kier alpha value is -3.94. The van der Waals surface area contributed by atoms with Crippen molar-refractivity contribution < 1.29 is 31.9 Å². The number of hydrogen-bond acceptors (Lipinski definition) is 5. The van der Waals surface area contributed by atoms with Crippen LogP contribution in [-0.4, -0.2) is 45.6 Å². The van der Waals surface area contributed by atoms with Crippen LogP contribution in [0.1, 0.15) is 65.5 Å². The molecule has 0 aliphatic heterocycles.